The molecule has 76 valence electrons. The molecule has 0 radical (unpaired) electrons. The summed E-state index contributed by atoms with van der Waals surface area (Å²) in [4.78, 5) is 21.7. The number of hydrogen-bond donors (Lipinski definition) is 2. The van der Waals surface area contributed by atoms with Gasteiger partial charge in [0.05, 0.1) is 0 Å². The van der Waals surface area contributed by atoms with E-state index < -0.39 is 23.6 Å². The smallest absolute Gasteiger partial charge is 0.345 e. The summed E-state index contributed by atoms with van der Waals surface area (Å²) in [5, 5.41) is 18.0. The molecule has 2 unspecified atom stereocenters. The van der Waals surface area contributed by atoms with Crippen LogP contribution in [0.1, 0.15) is 27.2 Å². The second-order valence-electron chi connectivity index (χ2n) is 3.01. The molecule has 0 saturated carbocycles. The minimum Gasteiger partial charge on any atom is -0.389 e. The molecular weight excluding hydrogens is 176 g/mol. The van der Waals surface area contributed by atoms with Gasteiger partial charge in [0, 0.05) is 0 Å². The van der Waals surface area contributed by atoms with E-state index in [9.17, 15) is 14.7 Å². The Labute approximate surface area is 76.3 Å². The van der Waals surface area contributed by atoms with E-state index in [4.69, 9.17) is 5.11 Å². The Kier molecular flexibility index (Phi) is 4.03. The Morgan fingerprint density at radius 2 is 2.00 bits per heavy atom. The maximum atomic E-state index is 11.0. The standard InChI is InChI=1S/C8H14O5/c1-4-8(3,12)7(11)13-6(10)5(2)9/h5,9,12H,4H2,1-3H3. The number of aliphatic hydroxyl groups excluding tert-OH is 1. The maximum absolute atomic E-state index is 11.0. The van der Waals surface area contributed by atoms with Gasteiger partial charge >= 0.3 is 11.9 Å². The summed E-state index contributed by atoms with van der Waals surface area (Å²) >= 11 is 0. The van der Waals surface area contributed by atoms with Crippen LogP contribution in [-0.4, -0.2) is 33.9 Å². The van der Waals surface area contributed by atoms with Crippen LogP contribution in [0, 0.1) is 0 Å². The van der Waals surface area contributed by atoms with Crippen molar-refractivity contribution in [3.8, 4) is 0 Å². The van der Waals surface area contributed by atoms with E-state index in [-0.39, 0.29) is 6.42 Å². The predicted octanol–water partition coefficient (Wildman–Crippen LogP) is -0.402. The van der Waals surface area contributed by atoms with Crippen LogP contribution < -0.4 is 0 Å². The van der Waals surface area contributed by atoms with E-state index in [1.807, 2.05) is 0 Å². The molecule has 0 bridgehead atoms. The van der Waals surface area contributed by atoms with Crippen molar-refractivity contribution in [1.82, 2.24) is 0 Å². The van der Waals surface area contributed by atoms with Crippen molar-refractivity contribution in [3.05, 3.63) is 0 Å². The monoisotopic (exact) mass is 190 g/mol. The quantitative estimate of drug-likeness (QED) is 0.467. The van der Waals surface area contributed by atoms with Gasteiger partial charge in [0.2, 0.25) is 0 Å². The summed E-state index contributed by atoms with van der Waals surface area (Å²) in [5.41, 5.74) is -1.68. The van der Waals surface area contributed by atoms with Crippen molar-refractivity contribution in [2.45, 2.75) is 38.9 Å². The van der Waals surface area contributed by atoms with Crippen molar-refractivity contribution >= 4 is 11.9 Å². The summed E-state index contributed by atoms with van der Waals surface area (Å²) in [6.45, 7) is 4.00. The molecule has 0 rings (SSSR count). The van der Waals surface area contributed by atoms with Gasteiger partial charge in [0.15, 0.2) is 5.60 Å². The first-order valence-corrected chi connectivity index (χ1v) is 3.97. The lowest BCUT2D eigenvalue weighted by Crippen LogP contribution is -2.39. The molecule has 5 nitrogen and oxygen atoms in total. The largest absolute Gasteiger partial charge is 0.389 e. The molecule has 0 heterocycles. The Bertz CT molecular complexity index is 207. The van der Waals surface area contributed by atoms with Gasteiger partial charge < -0.3 is 14.9 Å². The highest BCUT2D eigenvalue weighted by Crippen LogP contribution is 2.10. The van der Waals surface area contributed by atoms with Gasteiger partial charge in [-0.3, -0.25) is 0 Å². The molecule has 0 aliphatic heterocycles. The summed E-state index contributed by atoms with van der Waals surface area (Å²) in [7, 11) is 0. The zero-order valence-electron chi connectivity index (χ0n) is 7.90. The van der Waals surface area contributed by atoms with Crippen LogP contribution in [0.3, 0.4) is 0 Å². The van der Waals surface area contributed by atoms with E-state index in [0.29, 0.717) is 0 Å². The molecule has 0 aliphatic carbocycles. The minimum absolute atomic E-state index is 0.138. The van der Waals surface area contributed by atoms with Crippen molar-refractivity contribution in [3.63, 3.8) is 0 Å². The fourth-order valence-electron chi connectivity index (χ4n) is 0.431. The molecule has 5 heteroatoms. The molecule has 0 aromatic heterocycles. The van der Waals surface area contributed by atoms with E-state index >= 15 is 0 Å². The highest BCUT2D eigenvalue weighted by Gasteiger charge is 2.32. The predicted molar refractivity (Wildman–Crippen MR) is 43.7 cm³/mol. The molecule has 2 atom stereocenters. The molecule has 0 aromatic rings. The van der Waals surface area contributed by atoms with Crippen LogP contribution >= 0.6 is 0 Å². The Balaban J connectivity index is 4.24. The number of ether oxygens (including phenoxy) is 1. The number of esters is 2. The zero-order valence-corrected chi connectivity index (χ0v) is 7.90. The average molecular weight is 190 g/mol. The Morgan fingerprint density at radius 3 is 2.31 bits per heavy atom. The summed E-state index contributed by atoms with van der Waals surface area (Å²) in [6.07, 6.45) is -1.23. The highest BCUT2D eigenvalue weighted by molar-refractivity contribution is 5.91. The number of carbonyl (C=O) groups excluding carboxylic acids is 2. The third kappa shape index (κ3) is 3.52. The van der Waals surface area contributed by atoms with Gasteiger partial charge in [-0.2, -0.15) is 0 Å². The van der Waals surface area contributed by atoms with Gasteiger partial charge in [-0.05, 0) is 20.3 Å². The molecule has 0 aliphatic rings. The van der Waals surface area contributed by atoms with E-state index in [0.717, 1.165) is 0 Å². The number of carbonyl (C=O) groups is 2. The number of rotatable bonds is 3. The lowest BCUT2D eigenvalue weighted by molar-refractivity contribution is -0.177. The lowest BCUT2D eigenvalue weighted by atomic mass is 10.1. The summed E-state index contributed by atoms with van der Waals surface area (Å²) < 4.78 is 4.19. The topological polar surface area (TPSA) is 83.8 Å². The first-order valence-electron chi connectivity index (χ1n) is 3.97. The van der Waals surface area contributed by atoms with Gasteiger partial charge in [0.1, 0.15) is 6.10 Å². The average Bonchev–Trinajstić information content (AvgIpc) is 2.04. The van der Waals surface area contributed by atoms with Crippen LogP contribution in [-0.2, 0) is 14.3 Å². The fourth-order valence-corrected chi connectivity index (χ4v) is 0.431. The van der Waals surface area contributed by atoms with Gasteiger partial charge in [-0.25, -0.2) is 9.59 Å². The molecule has 13 heavy (non-hydrogen) atoms. The van der Waals surface area contributed by atoms with E-state index in [1.54, 1.807) is 6.92 Å². The minimum atomic E-state index is -1.68. The zero-order chi connectivity index (χ0) is 10.6. The molecule has 0 saturated heterocycles. The Hall–Kier alpha value is -0.940. The van der Waals surface area contributed by atoms with Crippen molar-refractivity contribution < 1.29 is 24.5 Å². The SMILES string of the molecule is CCC(C)(O)C(=O)OC(=O)C(C)O. The number of hydrogen-bond acceptors (Lipinski definition) is 5. The Morgan fingerprint density at radius 1 is 1.54 bits per heavy atom. The van der Waals surface area contributed by atoms with Crippen LogP contribution in [0.4, 0.5) is 0 Å². The third-order valence-corrected chi connectivity index (χ3v) is 1.66. The van der Waals surface area contributed by atoms with Crippen molar-refractivity contribution in [1.29, 1.82) is 0 Å². The second kappa shape index (κ2) is 4.34. The molecule has 0 fully saturated rings. The molecule has 0 spiro atoms. The van der Waals surface area contributed by atoms with Crippen molar-refractivity contribution in [2.24, 2.45) is 0 Å². The third-order valence-electron chi connectivity index (χ3n) is 1.66. The molecular formula is C8H14O5. The van der Waals surface area contributed by atoms with Gasteiger partial charge in [-0.1, -0.05) is 6.92 Å². The summed E-state index contributed by atoms with van der Waals surface area (Å²) in [5.74, 6) is -2.10. The fraction of sp³-hybridized carbons (Fsp3) is 0.750. The first-order chi connectivity index (χ1) is 5.81. The van der Waals surface area contributed by atoms with Crippen LogP contribution in [0.2, 0.25) is 0 Å². The second-order valence-corrected chi connectivity index (χ2v) is 3.01. The van der Waals surface area contributed by atoms with Gasteiger partial charge in [-0.15, -0.1) is 0 Å². The molecule has 0 amide bonds. The van der Waals surface area contributed by atoms with Crippen LogP contribution in [0.5, 0.6) is 0 Å². The maximum Gasteiger partial charge on any atom is 0.345 e. The summed E-state index contributed by atoms with van der Waals surface area (Å²) in [6, 6.07) is 0. The lowest BCUT2D eigenvalue weighted by Gasteiger charge is -2.18. The molecule has 2 N–H and O–H groups in total. The highest BCUT2D eigenvalue weighted by atomic mass is 16.6. The van der Waals surface area contributed by atoms with Gasteiger partial charge in [0.25, 0.3) is 0 Å². The van der Waals surface area contributed by atoms with E-state index in [2.05, 4.69) is 4.74 Å². The normalized spacial score (nSPS) is 17.3. The van der Waals surface area contributed by atoms with Crippen molar-refractivity contribution in [2.75, 3.05) is 0 Å². The van der Waals surface area contributed by atoms with E-state index in [1.165, 1.54) is 13.8 Å². The molecule has 0 aromatic carbocycles. The number of aliphatic hydroxyl groups is 2. The van der Waals surface area contributed by atoms with Crippen LogP contribution in [0.25, 0.3) is 0 Å². The first kappa shape index (κ1) is 12.1. The van der Waals surface area contributed by atoms with Crippen LogP contribution in [0.15, 0.2) is 0 Å².